The van der Waals surface area contributed by atoms with Crippen LogP contribution in [-0.4, -0.2) is 20.9 Å². The fourth-order valence-corrected chi connectivity index (χ4v) is 3.01. The lowest BCUT2D eigenvalue weighted by Crippen LogP contribution is -2.14. The van der Waals surface area contributed by atoms with Crippen molar-refractivity contribution >= 4 is 5.97 Å². The van der Waals surface area contributed by atoms with E-state index in [0.717, 1.165) is 17.2 Å². The molecule has 146 valence electrons. The Balaban J connectivity index is 2.67. The normalized spacial score (nSPS) is 12.3. The third kappa shape index (κ3) is 4.59. The van der Waals surface area contributed by atoms with Crippen LogP contribution >= 0.6 is 0 Å². The topological polar surface area (TPSA) is 55.1 Å². The van der Waals surface area contributed by atoms with Gasteiger partial charge in [-0.1, -0.05) is 45.1 Å². The van der Waals surface area contributed by atoms with Crippen LogP contribution in [0.15, 0.2) is 36.4 Å². The molecule has 0 amide bonds. The molecule has 1 aromatic carbocycles. The molecule has 2 rings (SSSR count). The summed E-state index contributed by atoms with van der Waals surface area (Å²) in [7, 11) is 0. The van der Waals surface area contributed by atoms with E-state index in [4.69, 9.17) is 0 Å². The number of nitrogens with zero attached hydrogens (tertiary/aromatic N) is 2. The summed E-state index contributed by atoms with van der Waals surface area (Å²) in [6.45, 7) is 5.48. The summed E-state index contributed by atoms with van der Waals surface area (Å²) < 4.78 is 41.5. The third-order valence-electron chi connectivity index (χ3n) is 4.14. The van der Waals surface area contributed by atoms with Crippen molar-refractivity contribution < 1.29 is 23.1 Å². The minimum Gasteiger partial charge on any atom is -0.478 e. The summed E-state index contributed by atoms with van der Waals surface area (Å²) in [6.07, 6.45) is 1.09. The van der Waals surface area contributed by atoms with E-state index in [1.807, 2.05) is 19.1 Å². The zero-order valence-electron chi connectivity index (χ0n) is 15.5. The molecule has 0 saturated heterocycles. The van der Waals surface area contributed by atoms with Gasteiger partial charge in [-0.2, -0.15) is 18.3 Å². The number of carboxylic acids is 1. The number of hydrogen-bond donors (Lipinski definition) is 1. The van der Waals surface area contributed by atoms with E-state index in [1.165, 1.54) is 18.2 Å². The number of halogens is 3. The summed E-state index contributed by atoms with van der Waals surface area (Å²) in [6, 6.07) is 5.08. The number of aromatic carboxylic acids is 1. The quantitative estimate of drug-likeness (QED) is 0.635. The van der Waals surface area contributed by atoms with E-state index in [9.17, 15) is 23.1 Å². The molecular formula is C20H23F3N2O2. The van der Waals surface area contributed by atoms with Crippen molar-refractivity contribution in [3.8, 4) is 5.69 Å². The van der Waals surface area contributed by atoms with Crippen molar-refractivity contribution in [3.05, 3.63) is 58.9 Å². The van der Waals surface area contributed by atoms with Crippen molar-refractivity contribution in [2.45, 2.75) is 52.1 Å². The van der Waals surface area contributed by atoms with Gasteiger partial charge >= 0.3 is 12.1 Å². The van der Waals surface area contributed by atoms with Gasteiger partial charge in [0.1, 0.15) is 5.56 Å². The van der Waals surface area contributed by atoms with Crippen LogP contribution in [0.5, 0.6) is 0 Å². The molecule has 0 bridgehead atoms. The Labute approximate surface area is 156 Å². The number of hydrogen-bond acceptors (Lipinski definition) is 2. The van der Waals surface area contributed by atoms with Gasteiger partial charge < -0.3 is 5.11 Å². The summed E-state index contributed by atoms with van der Waals surface area (Å²) >= 11 is 0. The standard InChI is InChI=1S/C20H23F3N2O2/c1-4-5-6-7-11-15-17(19(26)27)18(13(2)3)25(24-15)16-12-9-8-10-14(16)20(21,22)23/h5-6,8-10,12-13H,4,7,11H2,1-3H3,(H,26,27). The van der Waals surface area contributed by atoms with Crippen LogP contribution in [0.4, 0.5) is 13.2 Å². The molecule has 27 heavy (non-hydrogen) atoms. The Morgan fingerprint density at radius 3 is 2.48 bits per heavy atom. The Morgan fingerprint density at radius 2 is 1.93 bits per heavy atom. The van der Waals surface area contributed by atoms with Gasteiger partial charge in [0, 0.05) is 0 Å². The first-order valence-electron chi connectivity index (χ1n) is 8.85. The van der Waals surface area contributed by atoms with Crippen LogP contribution in [0.2, 0.25) is 0 Å². The predicted octanol–water partition coefficient (Wildman–Crippen LogP) is 5.61. The molecule has 0 unspecified atom stereocenters. The Hall–Kier alpha value is -2.57. The monoisotopic (exact) mass is 380 g/mol. The average molecular weight is 380 g/mol. The minimum atomic E-state index is -4.57. The number of aryl methyl sites for hydroxylation is 1. The van der Waals surface area contributed by atoms with Gasteiger partial charge in [-0.15, -0.1) is 0 Å². The molecular weight excluding hydrogens is 357 g/mol. The molecule has 0 aliphatic rings. The van der Waals surface area contributed by atoms with Crippen molar-refractivity contribution in [1.29, 1.82) is 0 Å². The molecule has 0 radical (unpaired) electrons. The fourth-order valence-electron chi connectivity index (χ4n) is 3.01. The molecule has 0 atom stereocenters. The summed E-state index contributed by atoms with van der Waals surface area (Å²) in [5, 5.41) is 14.0. The highest BCUT2D eigenvalue weighted by atomic mass is 19.4. The second-order valence-electron chi connectivity index (χ2n) is 6.51. The zero-order chi connectivity index (χ0) is 20.2. The second kappa shape index (κ2) is 8.41. The second-order valence-corrected chi connectivity index (χ2v) is 6.51. The van der Waals surface area contributed by atoms with E-state index < -0.39 is 17.7 Å². The van der Waals surface area contributed by atoms with Gasteiger partial charge in [-0.05, 0) is 37.3 Å². The van der Waals surface area contributed by atoms with Gasteiger partial charge in [0.2, 0.25) is 0 Å². The van der Waals surface area contributed by atoms with Gasteiger partial charge in [-0.3, -0.25) is 0 Å². The van der Waals surface area contributed by atoms with Gasteiger partial charge in [0.05, 0.1) is 22.6 Å². The third-order valence-corrected chi connectivity index (χ3v) is 4.14. The number of aromatic nitrogens is 2. The van der Waals surface area contributed by atoms with Gasteiger partial charge in [0.25, 0.3) is 0 Å². The van der Waals surface area contributed by atoms with Crippen molar-refractivity contribution in [2.24, 2.45) is 0 Å². The lowest BCUT2D eigenvalue weighted by atomic mass is 10.0. The molecule has 0 saturated carbocycles. The fraction of sp³-hybridized carbons (Fsp3) is 0.400. The zero-order valence-corrected chi connectivity index (χ0v) is 15.5. The van der Waals surface area contributed by atoms with Crippen molar-refractivity contribution in [2.75, 3.05) is 0 Å². The minimum absolute atomic E-state index is 0.00752. The maximum atomic E-state index is 13.5. The number of rotatable bonds is 7. The molecule has 0 spiro atoms. The summed E-state index contributed by atoms with van der Waals surface area (Å²) in [5.41, 5.74) is -0.445. The van der Waals surface area contributed by atoms with Gasteiger partial charge in [-0.25, -0.2) is 9.48 Å². The highest BCUT2D eigenvalue weighted by Crippen LogP contribution is 2.36. The largest absolute Gasteiger partial charge is 0.478 e. The van der Waals surface area contributed by atoms with Crippen LogP contribution < -0.4 is 0 Å². The maximum absolute atomic E-state index is 13.5. The number of para-hydroxylation sites is 1. The van der Waals surface area contributed by atoms with Crippen molar-refractivity contribution in [1.82, 2.24) is 9.78 Å². The lowest BCUT2D eigenvalue weighted by molar-refractivity contribution is -0.137. The number of carbonyl (C=O) groups is 1. The molecule has 4 nitrogen and oxygen atoms in total. The number of allylic oxidation sites excluding steroid dienone is 2. The molecule has 1 N–H and O–H groups in total. The van der Waals surface area contributed by atoms with E-state index in [-0.39, 0.29) is 22.9 Å². The average Bonchev–Trinajstić information content (AvgIpc) is 2.98. The number of benzene rings is 1. The van der Waals surface area contributed by atoms with Crippen LogP contribution in [0.25, 0.3) is 5.69 Å². The smallest absolute Gasteiger partial charge is 0.418 e. The summed E-state index contributed by atoms with van der Waals surface area (Å²) in [4.78, 5) is 11.9. The Kier molecular flexibility index (Phi) is 6.46. The molecule has 0 fully saturated rings. The predicted molar refractivity (Wildman–Crippen MR) is 97.4 cm³/mol. The molecule has 2 aromatic rings. The van der Waals surface area contributed by atoms with Gasteiger partial charge in [0.15, 0.2) is 0 Å². The van der Waals surface area contributed by atoms with E-state index in [0.29, 0.717) is 18.5 Å². The van der Waals surface area contributed by atoms with Crippen LogP contribution in [-0.2, 0) is 12.6 Å². The first kappa shape index (κ1) is 20.7. The molecule has 0 aliphatic carbocycles. The van der Waals surface area contributed by atoms with E-state index in [1.54, 1.807) is 13.8 Å². The Morgan fingerprint density at radius 1 is 1.26 bits per heavy atom. The summed E-state index contributed by atoms with van der Waals surface area (Å²) in [5.74, 6) is -1.49. The Bertz CT molecular complexity index is 836. The molecule has 1 aromatic heterocycles. The van der Waals surface area contributed by atoms with Crippen LogP contribution in [0, 0.1) is 0 Å². The number of alkyl halides is 3. The highest BCUT2D eigenvalue weighted by Gasteiger charge is 2.35. The number of carboxylic acid groups (broad SMARTS) is 1. The molecule has 7 heteroatoms. The highest BCUT2D eigenvalue weighted by molar-refractivity contribution is 5.90. The molecule has 1 heterocycles. The maximum Gasteiger partial charge on any atom is 0.418 e. The van der Waals surface area contributed by atoms with E-state index in [2.05, 4.69) is 5.10 Å². The van der Waals surface area contributed by atoms with Crippen molar-refractivity contribution in [3.63, 3.8) is 0 Å². The first-order chi connectivity index (χ1) is 12.7. The van der Waals surface area contributed by atoms with Crippen LogP contribution in [0.3, 0.4) is 0 Å². The lowest BCUT2D eigenvalue weighted by Gasteiger charge is -2.16. The van der Waals surface area contributed by atoms with E-state index >= 15 is 0 Å². The SMILES string of the molecule is CCC=CCCc1nn(-c2ccccc2C(F)(F)F)c(C(C)C)c1C(=O)O. The van der Waals surface area contributed by atoms with Crippen LogP contribution in [0.1, 0.15) is 66.8 Å². The molecule has 0 aliphatic heterocycles. The first-order valence-corrected chi connectivity index (χ1v) is 8.85.